The van der Waals surface area contributed by atoms with E-state index in [1.54, 1.807) is 60.7 Å². The summed E-state index contributed by atoms with van der Waals surface area (Å²) in [4.78, 5) is 31.0. The molecular weight excluding hydrogens is 399 g/mol. The maximum Gasteiger partial charge on any atom is 0.266 e. The molecule has 0 unspecified atom stereocenters. The van der Waals surface area contributed by atoms with Gasteiger partial charge in [-0.15, -0.1) is 0 Å². The minimum atomic E-state index is -0.354. The molecule has 0 saturated carbocycles. The monoisotopic (exact) mass is 408 g/mol. The third-order valence-electron chi connectivity index (χ3n) is 4.59. The zero-order valence-corrected chi connectivity index (χ0v) is 15.7. The Morgan fingerprint density at radius 3 is 2.21 bits per heavy atom. The van der Waals surface area contributed by atoms with Crippen LogP contribution in [-0.2, 0) is 0 Å². The molecule has 0 radical (unpaired) electrons. The fourth-order valence-electron chi connectivity index (χ4n) is 3.23. The number of aromatic nitrogens is 1. The zero-order valence-electron chi connectivity index (χ0n) is 14.1. The minimum absolute atomic E-state index is 0.354. The van der Waals surface area contributed by atoms with Crippen molar-refractivity contribution in [3.63, 3.8) is 0 Å². The van der Waals surface area contributed by atoms with Gasteiger partial charge < -0.3 is 4.42 Å². The number of hydrogen-bond donors (Lipinski definition) is 0. The molecule has 7 heteroatoms. The van der Waals surface area contributed by atoms with E-state index in [2.05, 4.69) is 4.98 Å². The summed E-state index contributed by atoms with van der Waals surface area (Å²) >= 11 is 12.0. The van der Waals surface area contributed by atoms with Gasteiger partial charge in [0.15, 0.2) is 5.58 Å². The number of hydrogen-bond acceptors (Lipinski definition) is 4. The van der Waals surface area contributed by atoms with Gasteiger partial charge in [-0.1, -0.05) is 35.3 Å². The van der Waals surface area contributed by atoms with Gasteiger partial charge in [0.05, 0.1) is 26.9 Å². The fraction of sp³-hybridized carbons (Fsp3) is 0. The van der Waals surface area contributed by atoms with E-state index in [9.17, 15) is 9.59 Å². The normalized spacial score (nSPS) is 13.4. The number of imide groups is 1. The number of amides is 2. The van der Waals surface area contributed by atoms with Gasteiger partial charge in [0.25, 0.3) is 11.8 Å². The standard InChI is InChI=1S/C21H10Cl2N2O3/c22-15-7-5-11(9-16(15)23)19-24-17-10-12(6-8-18(17)28-19)25-20(26)13-3-1-2-4-14(13)21(25)27/h1-10H. The predicted molar refractivity (Wildman–Crippen MR) is 107 cm³/mol. The molecule has 4 aromatic rings. The molecule has 0 fully saturated rings. The molecule has 1 aliphatic heterocycles. The molecule has 0 saturated heterocycles. The molecule has 0 N–H and O–H groups in total. The van der Waals surface area contributed by atoms with Crippen LogP contribution in [0.25, 0.3) is 22.6 Å². The highest BCUT2D eigenvalue weighted by atomic mass is 35.5. The smallest absolute Gasteiger partial charge is 0.266 e. The van der Waals surface area contributed by atoms with Crippen LogP contribution < -0.4 is 4.90 Å². The van der Waals surface area contributed by atoms with Crippen molar-refractivity contribution in [3.8, 4) is 11.5 Å². The third-order valence-corrected chi connectivity index (χ3v) is 5.33. The Morgan fingerprint density at radius 2 is 1.54 bits per heavy atom. The maximum absolute atomic E-state index is 12.7. The van der Waals surface area contributed by atoms with Crippen molar-refractivity contribution in [3.05, 3.63) is 81.8 Å². The summed E-state index contributed by atoms with van der Waals surface area (Å²) in [5.74, 6) is -0.339. The van der Waals surface area contributed by atoms with Gasteiger partial charge in [0.1, 0.15) is 5.52 Å². The molecule has 136 valence electrons. The van der Waals surface area contributed by atoms with Crippen molar-refractivity contribution in [2.75, 3.05) is 4.90 Å². The van der Waals surface area contributed by atoms with E-state index in [-0.39, 0.29) is 11.8 Å². The van der Waals surface area contributed by atoms with Crippen molar-refractivity contribution in [1.82, 2.24) is 4.98 Å². The number of carbonyl (C=O) groups excluding carboxylic acids is 2. The van der Waals surface area contributed by atoms with Crippen molar-refractivity contribution in [1.29, 1.82) is 0 Å². The summed E-state index contributed by atoms with van der Waals surface area (Å²) in [6.45, 7) is 0. The molecule has 0 aliphatic carbocycles. The van der Waals surface area contributed by atoms with Gasteiger partial charge in [-0.25, -0.2) is 9.88 Å². The second-order valence-electron chi connectivity index (χ2n) is 6.29. The van der Waals surface area contributed by atoms with Crippen molar-refractivity contribution in [2.45, 2.75) is 0 Å². The Kier molecular flexibility index (Phi) is 3.75. The summed E-state index contributed by atoms with van der Waals surface area (Å²) in [6, 6.07) is 16.8. The molecule has 1 aliphatic rings. The van der Waals surface area contributed by atoms with Gasteiger partial charge in [0.2, 0.25) is 5.89 Å². The lowest BCUT2D eigenvalue weighted by Crippen LogP contribution is -2.29. The maximum atomic E-state index is 12.7. The average Bonchev–Trinajstić information content (AvgIpc) is 3.23. The molecule has 0 spiro atoms. The molecule has 0 bridgehead atoms. The topological polar surface area (TPSA) is 63.4 Å². The van der Waals surface area contributed by atoms with Crippen LogP contribution in [0.2, 0.25) is 10.0 Å². The Balaban J connectivity index is 1.57. The molecule has 3 aromatic carbocycles. The molecule has 2 heterocycles. The van der Waals surface area contributed by atoms with Crippen LogP contribution in [0.3, 0.4) is 0 Å². The molecule has 28 heavy (non-hydrogen) atoms. The zero-order chi connectivity index (χ0) is 19.4. The first kappa shape index (κ1) is 17.0. The van der Waals surface area contributed by atoms with Crippen LogP contribution in [0.1, 0.15) is 20.7 Å². The number of halogens is 2. The van der Waals surface area contributed by atoms with E-state index in [0.717, 1.165) is 4.90 Å². The van der Waals surface area contributed by atoms with E-state index in [0.29, 0.717) is 49.4 Å². The van der Waals surface area contributed by atoms with Crippen LogP contribution in [-0.4, -0.2) is 16.8 Å². The Hall–Kier alpha value is -3.15. The van der Waals surface area contributed by atoms with E-state index >= 15 is 0 Å². The van der Waals surface area contributed by atoms with Gasteiger partial charge in [0, 0.05) is 5.56 Å². The Morgan fingerprint density at radius 1 is 0.821 bits per heavy atom. The van der Waals surface area contributed by atoms with Crippen molar-refractivity contribution >= 4 is 51.8 Å². The van der Waals surface area contributed by atoms with Gasteiger partial charge in [-0.2, -0.15) is 0 Å². The first-order valence-corrected chi connectivity index (χ1v) is 9.12. The van der Waals surface area contributed by atoms with Crippen molar-refractivity contribution in [2.24, 2.45) is 0 Å². The molecule has 5 rings (SSSR count). The SMILES string of the molecule is O=C1c2ccccc2C(=O)N1c1ccc2oc(-c3ccc(Cl)c(Cl)c3)nc2c1. The van der Waals surface area contributed by atoms with E-state index < -0.39 is 0 Å². The predicted octanol–water partition coefficient (Wildman–Crippen LogP) is 5.60. The summed E-state index contributed by atoms with van der Waals surface area (Å²) in [7, 11) is 0. The molecule has 0 atom stereocenters. The summed E-state index contributed by atoms with van der Waals surface area (Å²) < 4.78 is 5.78. The number of nitrogens with zero attached hydrogens (tertiary/aromatic N) is 2. The largest absolute Gasteiger partial charge is 0.436 e. The second kappa shape index (κ2) is 6.19. The molecular formula is C21H10Cl2N2O3. The number of fused-ring (bicyclic) bond motifs is 2. The van der Waals surface area contributed by atoms with Gasteiger partial charge >= 0.3 is 0 Å². The van der Waals surface area contributed by atoms with Crippen LogP contribution in [0.4, 0.5) is 5.69 Å². The summed E-state index contributed by atoms with van der Waals surface area (Å²) in [5.41, 5.74) is 2.95. The first-order valence-electron chi connectivity index (χ1n) is 8.37. The van der Waals surface area contributed by atoms with E-state index in [1.807, 2.05) is 0 Å². The van der Waals surface area contributed by atoms with E-state index in [1.165, 1.54) is 0 Å². The molecule has 1 aromatic heterocycles. The minimum Gasteiger partial charge on any atom is -0.436 e. The number of rotatable bonds is 2. The highest BCUT2D eigenvalue weighted by molar-refractivity contribution is 6.42. The van der Waals surface area contributed by atoms with Crippen molar-refractivity contribution < 1.29 is 14.0 Å². The van der Waals surface area contributed by atoms with Crippen LogP contribution in [0, 0.1) is 0 Å². The third kappa shape index (κ3) is 2.52. The highest BCUT2D eigenvalue weighted by Crippen LogP contribution is 2.33. The Bertz CT molecular complexity index is 1260. The van der Waals surface area contributed by atoms with Gasteiger partial charge in [-0.05, 0) is 48.5 Å². The van der Waals surface area contributed by atoms with Crippen LogP contribution in [0.15, 0.2) is 65.1 Å². The Labute approximate surface area is 169 Å². The van der Waals surface area contributed by atoms with Crippen LogP contribution >= 0.6 is 23.2 Å². The first-order chi connectivity index (χ1) is 13.5. The highest BCUT2D eigenvalue weighted by Gasteiger charge is 2.36. The second-order valence-corrected chi connectivity index (χ2v) is 7.11. The lowest BCUT2D eigenvalue weighted by atomic mass is 10.1. The lowest BCUT2D eigenvalue weighted by molar-refractivity contribution is 0.0926. The average molecular weight is 409 g/mol. The number of carbonyl (C=O) groups is 2. The number of anilines is 1. The summed E-state index contributed by atoms with van der Waals surface area (Å²) in [6.07, 6.45) is 0. The summed E-state index contributed by atoms with van der Waals surface area (Å²) in [5, 5.41) is 0.836. The fourth-order valence-corrected chi connectivity index (χ4v) is 3.53. The molecule has 2 amide bonds. The quantitative estimate of drug-likeness (QED) is 0.404. The number of benzene rings is 3. The van der Waals surface area contributed by atoms with E-state index in [4.69, 9.17) is 27.6 Å². The molecule has 5 nitrogen and oxygen atoms in total. The van der Waals surface area contributed by atoms with Crippen LogP contribution in [0.5, 0.6) is 0 Å². The lowest BCUT2D eigenvalue weighted by Gasteiger charge is -2.13. The number of oxazole rings is 1. The van der Waals surface area contributed by atoms with Gasteiger partial charge in [-0.3, -0.25) is 9.59 Å².